The van der Waals surface area contributed by atoms with E-state index in [4.69, 9.17) is 17.3 Å². The van der Waals surface area contributed by atoms with E-state index < -0.39 is 5.82 Å². The third-order valence-electron chi connectivity index (χ3n) is 2.24. The number of nitrogen functional groups attached to an aromatic ring is 1. The lowest BCUT2D eigenvalue weighted by atomic mass is 10.2. The van der Waals surface area contributed by atoms with Gasteiger partial charge < -0.3 is 11.1 Å². The first-order chi connectivity index (χ1) is 8.15. The van der Waals surface area contributed by atoms with Crippen molar-refractivity contribution in [1.82, 2.24) is 4.98 Å². The van der Waals surface area contributed by atoms with Gasteiger partial charge in [-0.05, 0) is 23.8 Å². The fraction of sp³-hybridized carbons (Fsp3) is 0.0833. The molecule has 1 aromatic carbocycles. The third kappa shape index (κ3) is 3.07. The Bertz CT molecular complexity index is 531. The molecule has 2 rings (SSSR count). The fourth-order valence-electron chi connectivity index (χ4n) is 1.39. The van der Waals surface area contributed by atoms with Gasteiger partial charge in [0.05, 0.1) is 5.02 Å². The van der Waals surface area contributed by atoms with Gasteiger partial charge in [-0.3, -0.25) is 0 Å². The first kappa shape index (κ1) is 11.7. The van der Waals surface area contributed by atoms with Crippen molar-refractivity contribution in [2.75, 3.05) is 11.1 Å². The monoisotopic (exact) mass is 251 g/mol. The molecule has 0 fully saturated rings. The van der Waals surface area contributed by atoms with Crippen LogP contribution in [-0.4, -0.2) is 4.98 Å². The molecule has 1 heterocycles. The zero-order valence-corrected chi connectivity index (χ0v) is 9.71. The van der Waals surface area contributed by atoms with Crippen LogP contribution in [0.1, 0.15) is 5.56 Å². The Morgan fingerprint density at radius 3 is 2.82 bits per heavy atom. The van der Waals surface area contributed by atoms with Crippen molar-refractivity contribution < 1.29 is 4.39 Å². The standard InChI is InChI=1S/C12H11ClFN3/c13-10-5-8(1-2-11(10)14)7-17-12-6-9(15)3-4-16-12/h1-6H,7H2,(H3,15,16,17). The molecule has 88 valence electrons. The molecule has 0 atom stereocenters. The Labute approximate surface area is 103 Å². The second-order valence-electron chi connectivity index (χ2n) is 3.58. The van der Waals surface area contributed by atoms with Gasteiger partial charge >= 0.3 is 0 Å². The molecule has 5 heteroatoms. The maximum Gasteiger partial charge on any atom is 0.141 e. The molecule has 0 saturated carbocycles. The molecule has 3 N–H and O–H groups in total. The minimum absolute atomic E-state index is 0.116. The van der Waals surface area contributed by atoms with E-state index in [2.05, 4.69) is 10.3 Å². The van der Waals surface area contributed by atoms with Crippen molar-refractivity contribution in [2.45, 2.75) is 6.54 Å². The van der Waals surface area contributed by atoms with Gasteiger partial charge in [-0.25, -0.2) is 9.37 Å². The summed E-state index contributed by atoms with van der Waals surface area (Å²) in [6.45, 7) is 0.510. The fourth-order valence-corrected chi connectivity index (χ4v) is 1.59. The van der Waals surface area contributed by atoms with Gasteiger partial charge in [0.2, 0.25) is 0 Å². The molecule has 2 aromatic rings. The summed E-state index contributed by atoms with van der Waals surface area (Å²) in [4.78, 5) is 4.10. The Balaban J connectivity index is 2.05. The van der Waals surface area contributed by atoms with Gasteiger partial charge in [0, 0.05) is 24.5 Å². The van der Waals surface area contributed by atoms with E-state index in [-0.39, 0.29) is 5.02 Å². The SMILES string of the molecule is Nc1ccnc(NCc2ccc(F)c(Cl)c2)c1. The molecule has 1 aromatic heterocycles. The number of nitrogens with two attached hydrogens (primary N) is 1. The third-order valence-corrected chi connectivity index (χ3v) is 2.53. The van der Waals surface area contributed by atoms with Crippen LogP contribution in [0.2, 0.25) is 5.02 Å². The van der Waals surface area contributed by atoms with E-state index in [1.54, 1.807) is 30.5 Å². The molecule has 0 unspecified atom stereocenters. The van der Waals surface area contributed by atoms with E-state index in [0.29, 0.717) is 18.1 Å². The molecule has 0 aliphatic rings. The van der Waals surface area contributed by atoms with Crippen molar-refractivity contribution in [1.29, 1.82) is 0 Å². The van der Waals surface area contributed by atoms with Crippen LogP contribution < -0.4 is 11.1 Å². The zero-order valence-electron chi connectivity index (χ0n) is 8.95. The Morgan fingerprint density at radius 2 is 2.12 bits per heavy atom. The van der Waals surface area contributed by atoms with Crippen LogP contribution in [0.5, 0.6) is 0 Å². The average Bonchev–Trinajstić information content (AvgIpc) is 2.31. The summed E-state index contributed by atoms with van der Waals surface area (Å²) < 4.78 is 12.9. The number of anilines is 2. The van der Waals surface area contributed by atoms with Crippen LogP contribution >= 0.6 is 11.6 Å². The summed E-state index contributed by atoms with van der Waals surface area (Å²) in [5.74, 6) is 0.253. The largest absolute Gasteiger partial charge is 0.399 e. The van der Waals surface area contributed by atoms with Crippen LogP contribution in [0.4, 0.5) is 15.9 Å². The first-order valence-electron chi connectivity index (χ1n) is 5.04. The number of benzene rings is 1. The highest BCUT2D eigenvalue weighted by Crippen LogP contribution is 2.17. The summed E-state index contributed by atoms with van der Waals surface area (Å²) in [5.41, 5.74) is 7.13. The average molecular weight is 252 g/mol. The van der Waals surface area contributed by atoms with Crippen LogP contribution in [0, 0.1) is 5.82 Å². The van der Waals surface area contributed by atoms with Crippen molar-refractivity contribution >= 4 is 23.1 Å². The maximum atomic E-state index is 12.9. The summed E-state index contributed by atoms with van der Waals surface area (Å²) >= 11 is 5.68. The molecule has 0 aliphatic carbocycles. The molecule has 0 radical (unpaired) electrons. The number of halogens is 2. The zero-order chi connectivity index (χ0) is 12.3. The van der Waals surface area contributed by atoms with Crippen molar-refractivity contribution in [3.63, 3.8) is 0 Å². The van der Waals surface area contributed by atoms with E-state index in [1.807, 2.05) is 0 Å². The van der Waals surface area contributed by atoms with Gasteiger partial charge in [-0.1, -0.05) is 17.7 Å². The molecular weight excluding hydrogens is 241 g/mol. The van der Waals surface area contributed by atoms with Crippen molar-refractivity contribution in [2.24, 2.45) is 0 Å². The summed E-state index contributed by atoms with van der Waals surface area (Å²) in [5, 5.41) is 3.19. The second-order valence-corrected chi connectivity index (χ2v) is 3.98. The van der Waals surface area contributed by atoms with E-state index in [9.17, 15) is 4.39 Å². The first-order valence-corrected chi connectivity index (χ1v) is 5.42. The number of aromatic nitrogens is 1. The normalized spacial score (nSPS) is 10.2. The molecular formula is C12H11ClFN3. The Morgan fingerprint density at radius 1 is 1.29 bits per heavy atom. The Hall–Kier alpha value is -1.81. The van der Waals surface area contributed by atoms with E-state index >= 15 is 0 Å². The van der Waals surface area contributed by atoms with E-state index in [0.717, 1.165) is 5.56 Å². The molecule has 0 aliphatic heterocycles. The summed E-state index contributed by atoms with van der Waals surface area (Å²) in [7, 11) is 0. The number of hydrogen-bond acceptors (Lipinski definition) is 3. The quantitative estimate of drug-likeness (QED) is 0.882. The highest BCUT2D eigenvalue weighted by molar-refractivity contribution is 6.30. The topological polar surface area (TPSA) is 50.9 Å². The predicted octanol–water partition coefficient (Wildman–Crippen LogP) is 3.07. The van der Waals surface area contributed by atoms with Gasteiger partial charge in [0.15, 0.2) is 0 Å². The smallest absolute Gasteiger partial charge is 0.141 e. The summed E-state index contributed by atoms with van der Waals surface area (Å²) in [6, 6.07) is 8.02. The highest BCUT2D eigenvalue weighted by Gasteiger charge is 2.01. The van der Waals surface area contributed by atoms with Gasteiger partial charge in [-0.15, -0.1) is 0 Å². The van der Waals surface area contributed by atoms with Crippen LogP contribution in [-0.2, 0) is 6.54 Å². The maximum absolute atomic E-state index is 12.9. The predicted molar refractivity (Wildman–Crippen MR) is 67.4 cm³/mol. The van der Waals surface area contributed by atoms with Crippen LogP contribution in [0.3, 0.4) is 0 Å². The molecule has 0 bridgehead atoms. The number of nitrogens with zero attached hydrogens (tertiary/aromatic N) is 1. The lowest BCUT2D eigenvalue weighted by Crippen LogP contribution is -2.02. The van der Waals surface area contributed by atoms with Gasteiger partial charge in [-0.2, -0.15) is 0 Å². The van der Waals surface area contributed by atoms with Crippen LogP contribution in [0.25, 0.3) is 0 Å². The highest BCUT2D eigenvalue weighted by atomic mass is 35.5. The molecule has 3 nitrogen and oxygen atoms in total. The minimum atomic E-state index is -0.419. The van der Waals surface area contributed by atoms with Gasteiger partial charge in [0.25, 0.3) is 0 Å². The number of rotatable bonds is 3. The number of pyridine rings is 1. The van der Waals surface area contributed by atoms with E-state index in [1.165, 1.54) is 6.07 Å². The summed E-state index contributed by atoms with van der Waals surface area (Å²) in [6.07, 6.45) is 1.62. The second kappa shape index (κ2) is 5.01. The lowest BCUT2D eigenvalue weighted by Gasteiger charge is -2.06. The van der Waals surface area contributed by atoms with Crippen molar-refractivity contribution in [3.8, 4) is 0 Å². The Kier molecular flexibility index (Phi) is 3.44. The lowest BCUT2D eigenvalue weighted by molar-refractivity contribution is 0.627. The van der Waals surface area contributed by atoms with Gasteiger partial charge in [0.1, 0.15) is 11.6 Å². The molecule has 0 spiro atoms. The van der Waals surface area contributed by atoms with Crippen LogP contribution in [0.15, 0.2) is 36.5 Å². The number of nitrogens with one attached hydrogen (secondary N) is 1. The minimum Gasteiger partial charge on any atom is -0.399 e. The van der Waals surface area contributed by atoms with Crippen molar-refractivity contribution in [3.05, 3.63) is 52.9 Å². The molecule has 17 heavy (non-hydrogen) atoms. The molecule has 0 amide bonds. The molecule has 0 saturated heterocycles. The number of hydrogen-bond donors (Lipinski definition) is 2.